The Balaban J connectivity index is 1.76. The second-order valence-corrected chi connectivity index (χ2v) is 5.56. The topological polar surface area (TPSA) is 58.2 Å². The molecule has 0 unspecified atom stereocenters. The van der Waals surface area contributed by atoms with Gasteiger partial charge in [-0.05, 0) is 43.0 Å². The molecule has 0 fully saturated rings. The Hall–Kier alpha value is -2.62. The normalized spacial score (nSPS) is 10.2. The summed E-state index contributed by atoms with van der Waals surface area (Å²) in [6.07, 6.45) is 0.591. The minimum absolute atomic E-state index is 0.165. The molecule has 0 bridgehead atoms. The van der Waals surface area contributed by atoms with E-state index in [1.807, 2.05) is 62.4 Å². The van der Waals surface area contributed by atoms with Crippen LogP contribution < -0.4 is 10.6 Å². The number of benzene rings is 2. The molecule has 2 N–H and O–H groups in total. The van der Waals surface area contributed by atoms with E-state index < -0.39 is 0 Å². The van der Waals surface area contributed by atoms with Crippen LogP contribution in [0, 0.1) is 13.8 Å². The van der Waals surface area contributed by atoms with E-state index in [2.05, 4.69) is 10.6 Å². The van der Waals surface area contributed by atoms with Gasteiger partial charge in [-0.25, -0.2) is 0 Å². The van der Waals surface area contributed by atoms with Crippen LogP contribution >= 0.6 is 0 Å². The number of hydrogen-bond acceptors (Lipinski definition) is 2. The average Bonchev–Trinajstić information content (AvgIpc) is 2.53. The molecule has 0 aliphatic rings. The molecule has 0 saturated carbocycles. The van der Waals surface area contributed by atoms with E-state index >= 15 is 0 Å². The third-order valence-electron chi connectivity index (χ3n) is 3.78. The van der Waals surface area contributed by atoms with Crippen molar-refractivity contribution in [1.82, 2.24) is 5.32 Å². The largest absolute Gasteiger partial charge is 0.355 e. The van der Waals surface area contributed by atoms with Crippen molar-refractivity contribution in [2.75, 3.05) is 11.9 Å². The summed E-state index contributed by atoms with van der Waals surface area (Å²) in [5, 5.41) is 5.56. The van der Waals surface area contributed by atoms with Crippen molar-refractivity contribution in [3.05, 3.63) is 65.2 Å². The van der Waals surface area contributed by atoms with Crippen molar-refractivity contribution in [1.29, 1.82) is 0 Å². The van der Waals surface area contributed by atoms with Crippen LogP contribution in [-0.4, -0.2) is 18.4 Å². The van der Waals surface area contributed by atoms with Gasteiger partial charge in [-0.2, -0.15) is 0 Å². The van der Waals surface area contributed by atoms with Crippen LogP contribution in [0.3, 0.4) is 0 Å². The fraction of sp³-hybridized carbons (Fsp3) is 0.263. The first kappa shape index (κ1) is 16.7. The lowest BCUT2D eigenvalue weighted by atomic mass is 10.1. The molecule has 2 amide bonds. The number of carbonyl (C=O) groups is 2. The van der Waals surface area contributed by atoms with Gasteiger partial charge >= 0.3 is 0 Å². The predicted octanol–water partition coefficient (Wildman–Crippen LogP) is 2.99. The van der Waals surface area contributed by atoms with Crippen LogP contribution in [0.25, 0.3) is 0 Å². The number of carbonyl (C=O) groups excluding carboxylic acids is 2. The van der Waals surface area contributed by atoms with Gasteiger partial charge in [0.15, 0.2) is 0 Å². The van der Waals surface area contributed by atoms with Gasteiger partial charge in [-0.1, -0.05) is 42.5 Å². The summed E-state index contributed by atoms with van der Waals surface area (Å²) in [6.45, 7) is 4.46. The maximum atomic E-state index is 11.9. The highest BCUT2D eigenvalue weighted by atomic mass is 16.2. The minimum Gasteiger partial charge on any atom is -0.355 e. The Labute approximate surface area is 136 Å². The van der Waals surface area contributed by atoms with Gasteiger partial charge in [-0.15, -0.1) is 0 Å². The summed E-state index contributed by atoms with van der Waals surface area (Å²) in [5.74, 6) is -0.556. The third-order valence-corrected chi connectivity index (χ3v) is 3.78. The molecule has 0 aromatic heterocycles. The number of amides is 2. The van der Waals surface area contributed by atoms with E-state index in [1.165, 1.54) is 0 Å². The van der Waals surface area contributed by atoms with Crippen molar-refractivity contribution in [3.63, 3.8) is 0 Å². The van der Waals surface area contributed by atoms with Crippen molar-refractivity contribution in [2.45, 2.75) is 26.7 Å². The second-order valence-electron chi connectivity index (χ2n) is 5.56. The number of hydrogen-bond donors (Lipinski definition) is 2. The highest BCUT2D eigenvalue weighted by Gasteiger charge is 2.10. The zero-order chi connectivity index (χ0) is 16.7. The fourth-order valence-electron chi connectivity index (χ4n) is 2.28. The molecular formula is C19H22N2O2. The van der Waals surface area contributed by atoms with Crippen LogP contribution in [-0.2, 0) is 16.0 Å². The predicted molar refractivity (Wildman–Crippen MR) is 92.3 cm³/mol. The van der Waals surface area contributed by atoms with Gasteiger partial charge in [0.25, 0.3) is 0 Å². The number of aryl methyl sites for hydroxylation is 1. The second kappa shape index (κ2) is 8.13. The molecule has 0 heterocycles. The molecule has 0 saturated heterocycles. The Bertz CT molecular complexity index is 681. The molecule has 0 spiro atoms. The Morgan fingerprint density at radius 1 is 0.913 bits per heavy atom. The van der Waals surface area contributed by atoms with Gasteiger partial charge in [0.2, 0.25) is 11.8 Å². The summed E-state index contributed by atoms with van der Waals surface area (Å²) in [4.78, 5) is 23.8. The summed E-state index contributed by atoms with van der Waals surface area (Å²) in [7, 11) is 0. The van der Waals surface area contributed by atoms with E-state index in [0.717, 1.165) is 28.8 Å². The van der Waals surface area contributed by atoms with Crippen molar-refractivity contribution < 1.29 is 9.59 Å². The molecule has 23 heavy (non-hydrogen) atoms. The molecule has 0 aliphatic heterocycles. The minimum atomic E-state index is -0.295. The molecular weight excluding hydrogens is 288 g/mol. The SMILES string of the molecule is Cc1cccc(NC(=O)CC(=O)NCCc2ccccc2)c1C. The molecule has 4 nitrogen and oxygen atoms in total. The lowest BCUT2D eigenvalue weighted by Crippen LogP contribution is -2.29. The molecule has 2 rings (SSSR count). The lowest BCUT2D eigenvalue weighted by Gasteiger charge is -2.10. The first-order valence-corrected chi connectivity index (χ1v) is 7.73. The van der Waals surface area contributed by atoms with Crippen LogP contribution in [0.4, 0.5) is 5.69 Å². The van der Waals surface area contributed by atoms with Gasteiger partial charge in [0, 0.05) is 12.2 Å². The Morgan fingerprint density at radius 2 is 1.65 bits per heavy atom. The smallest absolute Gasteiger partial charge is 0.233 e. The van der Waals surface area contributed by atoms with Crippen molar-refractivity contribution in [3.8, 4) is 0 Å². The third kappa shape index (κ3) is 5.25. The molecule has 0 atom stereocenters. The maximum absolute atomic E-state index is 11.9. The van der Waals surface area contributed by atoms with Crippen molar-refractivity contribution >= 4 is 17.5 Å². The fourth-order valence-corrected chi connectivity index (χ4v) is 2.28. The van der Waals surface area contributed by atoms with E-state index in [4.69, 9.17) is 0 Å². The molecule has 2 aromatic carbocycles. The average molecular weight is 310 g/mol. The quantitative estimate of drug-likeness (QED) is 0.806. The van der Waals surface area contributed by atoms with Crippen LogP contribution in [0.15, 0.2) is 48.5 Å². The zero-order valence-electron chi connectivity index (χ0n) is 13.6. The number of nitrogens with one attached hydrogen (secondary N) is 2. The first-order valence-electron chi connectivity index (χ1n) is 7.73. The van der Waals surface area contributed by atoms with Crippen LogP contribution in [0.1, 0.15) is 23.1 Å². The summed E-state index contributed by atoms with van der Waals surface area (Å²) < 4.78 is 0. The van der Waals surface area contributed by atoms with Crippen molar-refractivity contribution in [2.24, 2.45) is 0 Å². The number of rotatable bonds is 6. The van der Waals surface area contributed by atoms with Crippen LogP contribution in [0.5, 0.6) is 0 Å². The summed E-state index contributed by atoms with van der Waals surface area (Å²) in [5.41, 5.74) is 4.04. The molecule has 0 radical (unpaired) electrons. The standard InChI is InChI=1S/C19H22N2O2/c1-14-7-6-10-17(15(14)2)21-19(23)13-18(22)20-12-11-16-8-4-3-5-9-16/h3-10H,11-13H2,1-2H3,(H,20,22)(H,21,23). The molecule has 4 heteroatoms. The van der Waals surface area contributed by atoms with Gasteiger partial charge < -0.3 is 10.6 Å². The summed E-state index contributed by atoms with van der Waals surface area (Å²) in [6, 6.07) is 15.6. The van der Waals surface area contributed by atoms with E-state index in [-0.39, 0.29) is 18.2 Å². The van der Waals surface area contributed by atoms with E-state index in [0.29, 0.717) is 6.54 Å². The molecule has 0 aliphatic carbocycles. The monoisotopic (exact) mass is 310 g/mol. The van der Waals surface area contributed by atoms with Gasteiger partial charge in [0.05, 0.1) is 0 Å². The number of anilines is 1. The van der Waals surface area contributed by atoms with Gasteiger partial charge in [0.1, 0.15) is 6.42 Å². The highest BCUT2D eigenvalue weighted by Crippen LogP contribution is 2.17. The Kier molecular flexibility index (Phi) is 5.92. The summed E-state index contributed by atoms with van der Waals surface area (Å²) >= 11 is 0. The molecule has 2 aromatic rings. The van der Waals surface area contributed by atoms with E-state index in [1.54, 1.807) is 0 Å². The lowest BCUT2D eigenvalue weighted by molar-refractivity contribution is -0.126. The highest BCUT2D eigenvalue weighted by molar-refractivity contribution is 6.03. The van der Waals surface area contributed by atoms with Crippen LogP contribution in [0.2, 0.25) is 0 Å². The zero-order valence-corrected chi connectivity index (χ0v) is 13.6. The Morgan fingerprint density at radius 3 is 2.39 bits per heavy atom. The maximum Gasteiger partial charge on any atom is 0.233 e. The van der Waals surface area contributed by atoms with Gasteiger partial charge in [-0.3, -0.25) is 9.59 Å². The molecule has 120 valence electrons. The first-order chi connectivity index (χ1) is 11.1. The van der Waals surface area contributed by atoms with E-state index in [9.17, 15) is 9.59 Å².